The lowest BCUT2D eigenvalue weighted by atomic mass is 9.48. The van der Waals surface area contributed by atoms with Gasteiger partial charge in [-0.25, -0.2) is 4.39 Å². The molecule has 4 aliphatic carbocycles. The average Bonchev–Trinajstić information content (AvgIpc) is 3.40. The second-order valence-electron chi connectivity index (χ2n) is 10.6. The molecular formula is C24H31FN2O. The van der Waals surface area contributed by atoms with Crippen molar-refractivity contribution in [3.63, 3.8) is 0 Å². The Morgan fingerprint density at radius 3 is 2.75 bits per heavy atom. The molecule has 4 heteroatoms. The molecule has 5 aliphatic rings. The summed E-state index contributed by atoms with van der Waals surface area (Å²) in [6, 6.07) is 10.6. The fraction of sp³-hybridized carbons (Fsp3) is 0.708. The topological polar surface area (TPSA) is 46.3 Å². The number of piperidine rings is 1. The van der Waals surface area contributed by atoms with Crippen LogP contribution < -0.4 is 5.73 Å². The Hall–Kier alpha value is -1.42. The van der Waals surface area contributed by atoms with Crippen molar-refractivity contribution in [1.82, 2.24) is 4.90 Å². The summed E-state index contributed by atoms with van der Waals surface area (Å²) in [6.45, 7) is 3.15. The minimum absolute atomic E-state index is 0.167. The van der Waals surface area contributed by atoms with Crippen LogP contribution in [0.2, 0.25) is 0 Å². The summed E-state index contributed by atoms with van der Waals surface area (Å²) < 4.78 is 14.3. The van der Waals surface area contributed by atoms with E-state index in [2.05, 4.69) is 37.3 Å². The number of rotatable bonds is 3. The van der Waals surface area contributed by atoms with Crippen molar-refractivity contribution in [2.75, 3.05) is 13.1 Å². The van der Waals surface area contributed by atoms with Gasteiger partial charge in [-0.3, -0.25) is 4.79 Å². The van der Waals surface area contributed by atoms with Gasteiger partial charge in [0.1, 0.15) is 6.17 Å². The van der Waals surface area contributed by atoms with E-state index in [0.717, 1.165) is 12.8 Å². The van der Waals surface area contributed by atoms with Gasteiger partial charge in [0.05, 0.1) is 12.0 Å². The normalized spacial score (nSPS) is 50.7. The number of amides is 1. The van der Waals surface area contributed by atoms with Crippen molar-refractivity contribution in [3.05, 3.63) is 35.9 Å². The molecule has 2 N–H and O–H groups in total. The summed E-state index contributed by atoms with van der Waals surface area (Å²) in [7, 11) is 0. The summed E-state index contributed by atoms with van der Waals surface area (Å²) >= 11 is 0. The van der Waals surface area contributed by atoms with E-state index in [1.807, 2.05) is 4.90 Å². The molecular weight excluding hydrogens is 351 g/mol. The first-order valence-corrected chi connectivity index (χ1v) is 11.2. The first-order valence-electron chi connectivity index (χ1n) is 11.2. The molecule has 0 aromatic heterocycles. The van der Waals surface area contributed by atoms with Gasteiger partial charge in [-0.05, 0) is 60.8 Å². The molecule has 1 heterocycles. The van der Waals surface area contributed by atoms with E-state index in [1.54, 1.807) is 0 Å². The molecule has 150 valence electrons. The summed E-state index contributed by atoms with van der Waals surface area (Å²) in [6.07, 6.45) is 5.25. The third-order valence-electron chi connectivity index (χ3n) is 9.71. The van der Waals surface area contributed by atoms with Crippen LogP contribution in [0.25, 0.3) is 0 Å². The van der Waals surface area contributed by atoms with Gasteiger partial charge in [0.2, 0.25) is 5.91 Å². The van der Waals surface area contributed by atoms with Gasteiger partial charge in [0, 0.05) is 18.0 Å². The number of carbonyl (C=O) groups excluding carboxylic acids is 1. The third-order valence-corrected chi connectivity index (χ3v) is 9.71. The molecule has 1 aromatic carbocycles. The Morgan fingerprint density at radius 2 is 2.04 bits per heavy atom. The average molecular weight is 383 g/mol. The molecule has 0 radical (unpaired) electrons. The smallest absolute Gasteiger partial charge is 0.229 e. The molecule has 6 unspecified atom stereocenters. The Balaban J connectivity index is 1.42. The summed E-state index contributed by atoms with van der Waals surface area (Å²) in [5.41, 5.74) is 7.57. The Kier molecular flexibility index (Phi) is 3.35. The van der Waals surface area contributed by atoms with Gasteiger partial charge in [0.25, 0.3) is 0 Å². The van der Waals surface area contributed by atoms with Crippen LogP contribution in [0.15, 0.2) is 30.3 Å². The number of halogens is 1. The number of hydrogen-bond acceptors (Lipinski definition) is 2. The van der Waals surface area contributed by atoms with Crippen LogP contribution in [-0.2, 0) is 10.2 Å². The highest BCUT2D eigenvalue weighted by Crippen LogP contribution is 2.87. The van der Waals surface area contributed by atoms with Crippen LogP contribution in [0.5, 0.6) is 0 Å². The van der Waals surface area contributed by atoms with E-state index in [0.29, 0.717) is 36.1 Å². The van der Waals surface area contributed by atoms with E-state index in [9.17, 15) is 9.18 Å². The minimum atomic E-state index is -1.08. The lowest BCUT2D eigenvalue weighted by Gasteiger charge is -2.57. The predicted molar refractivity (Wildman–Crippen MR) is 106 cm³/mol. The molecule has 6 bridgehead atoms. The third kappa shape index (κ3) is 1.82. The van der Waals surface area contributed by atoms with Crippen LogP contribution in [0.1, 0.15) is 51.0 Å². The van der Waals surface area contributed by atoms with Crippen molar-refractivity contribution >= 4 is 5.91 Å². The number of benzene rings is 1. The monoisotopic (exact) mass is 382 g/mol. The number of hydrogen-bond donors (Lipinski definition) is 1. The van der Waals surface area contributed by atoms with Crippen molar-refractivity contribution in [1.29, 1.82) is 0 Å². The van der Waals surface area contributed by atoms with Gasteiger partial charge >= 0.3 is 0 Å². The maximum absolute atomic E-state index is 14.3. The molecule has 28 heavy (non-hydrogen) atoms. The zero-order chi connectivity index (χ0) is 19.3. The van der Waals surface area contributed by atoms with Crippen LogP contribution in [0.3, 0.4) is 0 Å². The molecule has 1 saturated heterocycles. The summed E-state index contributed by atoms with van der Waals surface area (Å²) in [5, 5.41) is 0. The van der Waals surface area contributed by atoms with Gasteiger partial charge in [-0.1, -0.05) is 43.7 Å². The van der Waals surface area contributed by atoms with E-state index < -0.39 is 12.2 Å². The van der Waals surface area contributed by atoms with Crippen LogP contribution in [-0.4, -0.2) is 36.1 Å². The Morgan fingerprint density at radius 1 is 1.25 bits per heavy atom. The standard InChI is InChI=1S/C24H31FN2O/c1-2-22-10-15-11-23(21(28)27-9-8-18(26)17(25)12-27)14-24(13-22,19(15)20(22)23)16-6-4-3-5-7-16/h3-7,15,17-20H,2,8-14,26H2,1H3/t15?,17-,18-,19?,20?,22?,23?,24?/m0/s1. The number of carbonyl (C=O) groups is 1. The maximum Gasteiger partial charge on any atom is 0.229 e. The van der Waals surface area contributed by atoms with Crippen molar-refractivity contribution < 1.29 is 9.18 Å². The molecule has 0 spiro atoms. The largest absolute Gasteiger partial charge is 0.339 e. The fourth-order valence-corrected chi connectivity index (χ4v) is 9.15. The van der Waals surface area contributed by atoms with E-state index in [4.69, 9.17) is 5.73 Å². The van der Waals surface area contributed by atoms with Crippen molar-refractivity contribution in [3.8, 4) is 0 Å². The molecule has 1 aliphatic heterocycles. The number of alkyl halides is 1. The first kappa shape index (κ1) is 17.4. The van der Waals surface area contributed by atoms with E-state index in [1.165, 1.54) is 24.8 Å². The van der Waals surface area contributed by atoms with Gasteiger partial charge in [-0.15, -0.1) is 0 Å². The zero-order valence-electron chi connectivity index (χ0n) is 16.7. The Bertz CT molecular complexity index is 829. The predicted octanol–water partition coefficient (Wildman–Crippen LogP) is 3.67. The second kappa shape index (κ2) is 5.38. The molecule has 4 saturated carbocycles. The van der Waals surface area contributed by atoms with Gasteiger partial charge in [-0.2, -0.15) is 0 Å². The highest BCUT2D eigenvalue weighted by molar-refractivity contribution is 5.86. The number of nitrogens with zero attached hydrogens (tertiary/aromatic N) is 1. The Labute approximate surface area is 166 Å². The molecule has 6 rings (SSSR count). The van der Waals surface area contributed by atoms with Crippen LogP contribution in [0, 0.1) is 28.6 Å². The quantitative estimate of drug-likeness (QED) is 0.867. The maximum atomic E-state index is 14.3. The number of nitrogens with two attached hydrogens (primary N) is 1. The highest BCUT2D eigenvalue weighted by atomic mass is 19.1. The molecule has 3 nitrogen and oxygen atoms in total. The second-order valence-corrected chi connectivity index (χ2v) is 10.6. The van der Waals surface area contributed by atoms with E-state index in [-0.39, 0.29) is 23.3 Å². The SMILES string of the molecule is CCC12CC3CC4(C(=O)N5CC[C@H](N)[C@@H](F)C5)CC(c5ccccc5)(C1)C3C24. The first-order chi connectivity index (χ1) is 13.5. The summed E-state index contributed by atoms with van der Waals surface area (Å²) in [4.78, 5) is 15.8. The molecule has 8 atom stereocenters. The molecule has 5 fully saturated rings. The highest BCUT2D eigenvalue weighted by Gasteiger charge is 2.84. The molecule has 1 aromatic rings. The van der Waals surface area contributed by atoms with Gasteiger partial charge in [0.15, 0.2) is 0 Å². The minimum Gasteiger partial charge on any atom is -0.339 e. The van der Waals surface area contributed by atoms with Crippen molar-refractivity contribution in [2.24, 2.45) is 34.3 Å². The lowest BCUT2D eigenvalue weighted by molar-refractivity contribution is -0.156. The fourth-order valence-electron chi connectivity index (χ4n) is 9.15. The summed E-state index contributed by atoms with van der Waals surface area (Å²) in [5.74, 6) is 2.07. The molecule has 1 amide bonds. The lowest BCUT2D eigenvalue weighted by Crippen LogP contribution is -2.59. The van der Waals surface area contributed by atoms with Gasteiger partial charge < -0.3 is 10.6 Å². The zero-order valence-corrected chi connectivity index (χ0v) is 16.7. The van der Waals surface area contributed by atoms with Crippen LogP contribution >= 0.6 is 0 Å². The van der Waals surface area contributed by atoms with E-state index >= 15 is 0 Å². The van der Waals surface area contributed by atoms with Crippen molar-refractivity contribution in [2.45, 2.75) is 63.1 Å². The number of likely N-dealkylation sites (tertiary alicyclic amines) is 1. The van der Waals surface area contributed by atoms with Crippen LogP contribution in [0.4, 0.5) is 4.39 Å².